The third-order valence-electron chi connectivity index (χ3n) is 3.81. The van der Waals surface area contributed by atoms with Gasteiger partial charge >= 0.3 is 0 Å². The largest absolute Gasteiger partial charge is 0.381 e. The predicted octanol–water partition coefficient (Wildman–Crippen LogP) is 2.99. The normalized spacial score (nSPS) is 21.4. The zero-order valence-electron chi connectivity index (χ0n) is 12.6. The van der Waals surface area contributed by atoms with E-state index >= 15 is 0 Å². The van der Waals surface area contributed by atoms with Gasteiger partial charge in [0.05, 0.1) is 0 Å². The molecule has 2 unspecified atom stereocenters. The molecule has 0 bridgehead atoms. The Balaban J connectivity index is 2.39. The molecule has 2 atom stereocenters. The second-order valence-electron chi connectivity index (χ2n) is 6.80. The van der Waals surface area contributed by atoms with Crippen LogP contribution in [0.15, 0.2) is 0 Å². The highest BCUT2D eigenvalue weighted by atomic mass is 16.5. The fourth-order valence-corrected chi connectivity index (χ4v) is 2.45. The second kappa shape index (κ2) is 6.55. The van der Waals surface area contributed by atoms with Crippen molar-refractivity contribution in [1.29, 1.82) is 0 Å². The minimum absolute atomic E-state index is 0.0899. The summed E-state index contributed by atoms with van der Waals surface area (Å²) in [6, 6.07) is 0. The predicted molar refractivity (Wildman–Crippen MR) is 74.4 cm³/mol. The molecule has 1 N–H and O–H groups in total. The molecule has 106 valence electrons. The fourth-order valence-electron chi connectivity index (χ4n) is 2.45. The highest BCUT2D eigenvalue weighted by molar-refractivity contribution is 5.79. The van der Waals surface area contributed by atoms with Crippen molar-refractivity contribution < 1.29 is 9.53 Å². The summed E-state index contributed by atoms with van der Waals surface area (Å²) in [6.07, 6.45) is 3.44. The monoisotopic (exact) mass is 255 g/mol. The van der Waals surface area contributed by atoms with Crippen molar-refractivity contribution in [2.45, 2.75) is 59.4 Å². The second-order valence-corrected chi connectivity index (χ2v) is 6.80. The molecule has 1 heterocycles. The van der Waals surface area contributed by atoms with Crippen LogP contribution in [0.25, 0.3) is 0 Å². The Bertz CT molecular complexity index is 264. The number of rotatable bonds is 4. The van der Waals surface area contributed by atoms with E-state index in [2.05, 4.69) is 12.2 Å². The number of hydrogen-bond donors (Lipinski definition) is 1. The van der Waals surface area contributed by atoms with Crippen LogP contribution in [-0.2, 0) is 9.53 Å². The number of ether oxygens (including phenoxy) is 1. The summed E-state index contributed by atoms with van der Waals surface area (Å²) in [5, 5.41) is 3.07. The first-order chi connectivity index (χ1) is 8.29. The van der Waals surface area contributed by atoms with Crippen LogP contribution in [-0.4, -0.2) is 24.7 Å². The van der Waals surface area contributed by atoms with Gasteiger partial charge in [0, 0.05) is 24.7 Å². The lowest BCUT2D eigenvalue weighted by atomic mass is 9.83. The lowest BCUT2D eigenvalue weighted by molar-refractivity contribution is -0.127. The molecular formula is C15H29NO2. The zero-order valence-corrected chi connectivity index (χ0v) is 12.6. The van der Waals surface area contributed by atoms with Crippen LogP contribution in [0.2, 0.25) is 0 Å². The van der Waals surface area contributed by atoms with Gasteiger partial charge in [-0.15, -0.1) is 0 Å². The Hall–Kier alpha value is -0.570. The van der Waals surface area contributed by atoms with E-state index < -0.39 is 0 Å². The lowest BCUT2D eigenvalue weighted by Gasteiger charge is -2.29. The van der Waals surface area contributed by atoms with E-state index in [0.29, 0.717) is 5.92 Å². The number of nitrogens with one attached hydrogen (secondary N) is 1. The highest BCUT2D eigenvalue weighted by Gasteiger charge is 2.26. The first-order valence-corrected chi connectivity index (χ1v) is 7.19. The molecular weight excluding hydrogens is 226 g/mol. The minimum atomic E-state index is -0.135. The summed E-state index contributed by atoms with van der Waals surface area (Å²) in [5.41, 5.74) is -0.135. The third-order valence-corrected chi connectivity index (χ3v) is 3.81. The Kier molecular flexibility index (Phi) is 5.64. The maximum atomic E-state index is 12.1. The minimum Gasteiger partial charge on any atom is -0.381 e. The molecule has 1 amide bonds. The number of amides is 1. The maximum absolute atomic E-state index is 12.1. The Morgan fingerprint density at radius 3 is 2.33 bits per heavy atom. The van der Waals surface area contributed by atoms with Gasteiger partial charge in [-0.2, -0.15) is 0 Å². The first-order valence-electron chi connectivity index (χ1n) is 7.19. The van der Waals surface area contributed by atoms with Crippen LogP contribution < -0.4 is 5.32 Å². The quantitative estimate of drug-likeness (QED) is 0.838. The van der Waals surface area contributed by atoms with Gasteiger partial charge in [0.15, 0.2) is 0 Å². The van der Waals surface area contributed by atoms with Gasteiger partial charge in [-0.1, -0.05) is 13.8 Å². The molecule has 0 radical (unpaired) electrons. The van der Waals surface area contributed by atoms with Crippen molar-refractivity contribution in [3.05, 3.63) is 0 Å². The molecule has 3 heteroatoms. The van der Waals surface area contributed by atoms with E-state index in [0.717, 1.165) is 38.4 Å². The van der Waals surface area contributed by atoms with Gasteiger partial charge in [0.1, 0.15) is 0 Å². The average molecular weight is 255 g/mol. The molecule has 18 heavy (non-hydrogen) atoms. The molecule has 1 fully saturated rings. The van der Waals surface area contributed by atoms with Crippen molar-refractivity contribution in [1.82, 2.24) is 5.32 Å². The standard InChI is InChI=1S/C15H29NO2/c1-11(10-13-6-8-18-9-7-13)12(2)14(17)16-15(3,4)5/h11-13H,6-10H2,1-5H3,(H,16,17). The molecule has 0 saturated carbocycles. The van der Waals surface area contributed by atoms with Gasteiger partial charge in [-0.3, -0.25) is 4.79 Å². The van der Waals surface area contributed by atoms with Gasteiger partial charge < -0.3 is 10.1 Å². The van der Waals surface area contributed by atoms with Gasteiger partial charge in [-0.25, -0.2) is 0 Å². The van der Waals surface area contributed by atoms with E-state index in [1.54, 1.807) is 0 Å². The highest BCUT2D eigenvalue weighted by Crippen LogP contribution is 2.27. The van der Waals surface area contributed by atoms with Crippen LogP contribution in [0.3, 0.4) is 0 Å². The maximum Gasteiger partial charge on any atom is 0.223 e. The molecule has 1 aliphatic rings. The van der Waals surface area contributed by atoms with Crippen molar-refractivity contribution in [3.8, 4) is 0 Å². The van der Waals surface area contributed by atoms with Gasteiger partial charge in [0.2, 0.25) is 5.91 Å². The summed E-state index contributed by atoms with van der Waals surface area (Å²) < 4.78 is 5.38. The Labute approximate surface area is 112 Å². The van der Waals surface area contributed by atoms with E-state index in [-0.39, 0.29) is 17.4 Å². The molecule has 0 aliphatic carbocycles. The average Bonchev–Trinajstić information content (AvgIpc) is 2.27. The van der Waals surface area contributed by atoms with E-state index in [1.807, 2.05) is 27.7 Å². The topological polar surface area (TPSA) is 38.3 Å². The van der Waals surface area contributed by atoms with Crippen LogP contribution >= 0.6 is 0 Å². The zero-order chi connectivity index (χ0) is 13.8. The molecule has 0 aromatic carbocycles. The summed E-state index contributed by atoms with van der Waals surface area (Å²) in [7, 11) is 0. The summed E-state index contributed by atoms with van der Waals surface area (Å²) >= 11 is 0. The van der Waals surface area contributed by atoms with Gasteiger partial charge in [-0.05, 0) is 51.9 Å². The Morgan fingerprint density at radius 2 is 1.83 bits per heavy atom. The van der Waals surface area contributed by atoms with Crippen molar-refractivity contribution in [3.63, 3.8) is 0 Å². The molecule has 3 nitrogen and oxygen atoms in total. The molecule has 1 aliphatic heterocycles. The first kappa shape index (κ1) is 15.5. The van der Waals surface area contributed by atoms with Crippen LogP contribution in [0, 0.1) is 17.8 Å². The van der Waals surface area contributed by atoms with E-state index in [1.165, 1.54) is 0 Å². The molecule has 0 aromatic rings. The lowest BCUT2D eigenvalue weighted by Crippen LogP contribution is -2.44. The van der Waals surface area contributed by atoms with E-state index in [9.17, 15) is 4.79 Å². The summed E-state index contributed by atoms with van der Waals surface area (Å²) in [4.78, 5) is 12.1. The van der Waals surface area contributed by atoms with Crippen LogP contribution in [0.4, 0.5) is 0 Å². The SMILES string of the molecule is CC(CC1CCOCC1)C(C)C(=O)NC(C)(C)C. The number of carbonyl (C=O) groups is 1. The van der Waals surface area contributed by atoms with Gasteiger partial charge in [0.25, 0.3) is 0 Å². The van der Waals surface area contributed by atoms with Crippen molar-refractivity contribution >= 4 is 5.91 Å². The third kappa shape index (κ3) is 5.38. The molecule has 0 spiro atoms. The Morgan fingerprint density at radius 1 is 1.28 bits per heavy atom. The van der Waals surface area contributed by atoms with E-state index in [4.69, 9.17) is 4.74 Å². The fraction of sp³-hybridized carbons (Fsp3) is 0.933. The summed E-state index contributed by atoms with van der Waals surface area (Å²) in [5.74, 6) is 1.45. The number of carbonyl (C=O) groups excluding carboxylic acids is 1. The number of hydrogen-bond acceptors (Lipinski definition) is 2. The van der Waals surface area contributed by atoms with Crippen LogP contribution in [0.1, 0.15) is 53.9 Å². The summed E-state index contributed by atoms with van der Waals surface area (Å²) in [6.45, 7) is 12.1. The van der Waals surface area contributed by atoms with Crippen molar-refractivity contribution in [2.24, 2.45) is 17.8 Å². The molecule has 0 aromatic heterocycles. The smallest absolute Gasteiger partial charge is 0.223 e. The molecule has 1 saturated heterocycles. The van der Waals surface area contributed by atoms with Crippen LogP contribution in [0.5, 0.6) is 0 Å². The molecule has 1 rings (SSSR count). The van der Waals surface area contributed by atoms with Crippen molar-refractivity contribution in [2.75, 3.05) is 13.2 Å².